The number of hydrogen-bond donors (Lipinski definition) is 3. The van der Waals surface area contributed by atoms with Crippen molar-refractivity contribution in [3.05, 3.63) is 78.6 Å². The fourth-order valence-corrected chi connectivity index (χ4v) is 15.8. The summed E-state index contributed by atoms with van der Waals surface area (Å²) in [6.45, 7) is 14.5. The zero-order chi connectivity index (χ0) is 97.9. The van der Waals surface area contributed by atoms with Gasteiger partial charge in [-0.15, -0.1) is 12.4 Å². The van der Waals surface area contributed by atoms with Crippen molar-refractivity contribution in [3.8, 4) is 35.1 Å². The Kier molecular flexibility index (Phi) is 70.7. The Labute approximate surface area is 855 Å². The molecule has 6 aliphatic rings. The fraction of sp³-hybridized carbons (Fsp3) is 0.771. The van der Waals surface area contributed by atoms with Gasteiger partial charge in [-0.2, -0.15) is 24.9 Å². The minimum Gasteiger partial charge on any atom is -0.502 e. The molecule has 0 saturated heterocycles. The van der Waals surface area contributed by atoms with E-state index in [-0.39, 0.29) is 40.9 Å². The first kappa shape index (κ1) is 124. The molecule has 0 unspecified atom stereocenters. The van der Waals surface area contributed by atoms with Gasteiger partial charge in [0.2, 0.25) is 63.6 Å². The molecule has 6 saturated carbocycles. The number of hydrogen-bond acceptors (Lipinski definition) is 24. The van der Waals surface area contributed by atoms with Gasteiger partial charge in [-0.05, 0) is 234 Å². The number of aromatic hydroxyl groups is 1. The number of nitrogens with zero attached hydrogens (tertiary/aromatic N) is 16. The van der Waals surface area contributed by atoms with E-state index < -0.39 is 0 Å². The first-order valence-corrected chi connectivity index (χ1v) is 55.2. The second-order valence-electron chi connectivity index (χ2n) is 37.8. The Hall–Kier alpha value is -5.48. The van der Waals surface area contributed by atoms with E-state index in [1.54, 1.807) is 13.0 Å². The number of aliphatic hydroxyl groups excluding tert-OH is 1. The molecule has 0 atom stereocenters. The molecular weight excluding hydrogens is 1910 g/mol. The van der Waals surface area contributed by atoms with Crippen LogP contribution in [0.5, 0.6) is 35.1 Å². The van der Waals surface area contributed by atoms with Crippen molar-refractivity contribution < 1.29 is 33.9 Å². The van der Waals surface area contributed by atoms with Gasteiger partial charge in [-0.3, -0.25) is 0 Å². The minimum absolute atomic E-state index is 0. The molecule has 30 heteroatoms. The second-order valence-corrected chi connectivity index (χ2v) is 40.8. The number of alkyl halides is 1. The molecule has 0 aliphatic heterocycles. The van der Waals surface area contributed by atoms with Crippen LogP contribution in [0.4, 0.5) is 23.8 Å². The van der Waals surface area contributed by atoms with Crippen molar-refractivity contribution in [2.45, 2.75) is 451 Å². The maximum Gasteiger partial charge on any atom is 0.262 e. The third kappa shape index (κ3) is 57.9. The number of anilines is 4. The summed E-state index contributed by atoms with van der Waals surface area (Å²) < 4.78 is 30.3. The van der Waals surface area contributed by atoms with Crippen molar-refractivity contribution in [3.63, 3.8) is 0 Å². The monoisotopic (exact) mass is 2090 g/mol. The number of unbranched alkanes of at least 4 members (excludes halogenated alkanes) is 33. The lowest BCUT2D eigenvalue weighted by Crippen LogP contribution is -2.26. The predicted octanol–water partition coefficient (Wildman–Crippen LogP) is 29.1. The first-order valence-electron chi connectivity index (χ1n) is 52.1. The normalized spacial score (nSPS) is 14.2. The molecule has 0 bridgehead atoms. The second kappa shape index (κ2) is 77.2. The number of nitrogens with one attached hydrogen (secondary N) is 1. The maximum absolute atomic E-state index is 10.6. The first-order chi connectivity index (χ1) is 64.7. The SMILES string of the molecule is CCBr.CCCCCCCCCCCCCCc1cc(OC2CCC2)nc(N(C)C)n1.CCCCCCCCCCCCCCc1nc(N(C)C)nc(OC2CCC2)c1Br.CCCCCCCCCCCCCCc1nc(N(C)C)nc(OC2CCC2)c1O.CNC.Cc1cc(Cl)nc(Cl)n1.Cc1cc(OC2CCC2)nc(Cl)n1.Cc1cc(OC2CCC2)nc(N(C)C)n1.Cl.OC1CCC1. The summed E-state index contributed by atoms with van der Waals surface area (Å²) in [6.07, 6.45) is 74.3. The number of aliphatic hydroxyl groups is 1. The van der Waals surface area contributed by atoms with E-state index in [1.165, 1.54) is 263 Å². The number of ether oxygens (including phenoxy) is 5. The summed E-state index contributed by atoms with van der Waals surface area (Å²) in [5, 5.41) is 23.7. The topological polar surface area (TPSA) is 266 Å². The van der Waals surface area contributed by atoms with Crippen LogP contribution in [0.2, 0.25) is 15.7 Å². The highest BCUT2D eigenvalue weighted by Crippen LogP contribution is 2.37. The largest absolute Gasteiger partial charge is 0.502 e. The molecule has 6 aromatic heterocycles. The highest BCUT2D eigenvalue weighted by molar-refractivity contribution is 9.10. The molecule has 770 valence electrons. The molecule has 0 spiro atoms. The lowest BCUT2D eigenvalue weighted by Gasteiger charge is -2.27. The van der Waals surface area contributed by atoms with E-state index in [0.717, 1.165) is 170 Å². The summed E-state index contributed by atoms with van der Waals surface area (Å²) in [5.74, 6) is 6.14. The number of rotatable bonds is 53. The van der Waals surface area contributed by atoms with Crippen LogP contribution in [0.1, 0.15) is 409 Å². The minimum atomic E-state index is 0. The molecule has 0 amide bonds. The van der Waals surface area contributed by atoms with Crippen molar-refractivity contribution in [1.29, 1.82) is 0 Å². The Balaban J connectivity index is 0.000000420. The van der Waals surface area contributed by atoms with Crippen LogP contribution in [0.15, 0.2) is 28.7 Å². The zero-order valence-electron chi connectivity index (χ0n) is 86.7. The summed E-state index contributed by atoms with van der Waals surface area (Å²) in [6, 6.07) is 7.41. The summed E-state index contributed by atoms with van der Waals surface area (Å²) in [4.78, 5) is 59.4. The Bertz CT molecular complexity index is 3790. The number of aryl methyl sites for hydroxylation is 6. The lowest BCUT2D eigenvalue weighted by atomic mass is 9.96. The molecule has 24 nitrogen and oxygen atoms in total. The third-order valence-corrected chi connectivity index (χ3v) is 25.5. The van der Waals surface area contributed by atoms with Crippen LogP contribution >= 0.6 is 79.1 Å². The molecule has 6 heterocycles. The van der Waals surface area contributed by atoms with Gasteiger partial charge in [-0.25, -0.2) is 34.9 Å². The van der Waals surface area contributed by atoms with Gasteiger partial charge in [0.25, 0.3) is 5.88 Å². The van der Waals surface area contributed by atoms with Gasteiger partial charge in [0.05, 0.1) is 17.5 Å². The number of halogens is 6. The molecule has 6 aliphatic carbocycles. The quantitative estimate of drug-likeness (QED) is 0.0139. The Morgan fingerprint density at radius 2 is 0.607 bits per heavy atom. The van der Waals surface area contributed by atoms with Gasteiger partial charge in [0.15, 0.2) is 0 Å². The van der Waals surface area contributed by atoms with Crippen LogP contribution in [0.3, 0.4) is 0 Å². The Morgan fingerprint density at radius 3 is 0.926 bits per heavy atom. The average molecular weight is 2100 g/mol. The molecular formula is C105H181Br2Cl4N17O7. The summed E-state index contributed by atoms with van der Waals surface area (Å²) >= 11 is 23.5. The van der Waals surface area contributed by atoms with Crippen LogP contribution in [-0.4, -0.2) is 182 Å². The van der Waals surface area contributed by atoms with E-state index in [0.29, 0.717) is 59.1 Å². The van der Waals surface area contributed by atoms with Gasteiger partial charge in [-0.1, -0.05) is 267 Å². The van der Waals surface area contributed by atoms with Gasteiger partial charge in [0.1, 0.15) is 40.1 Å². The van der Waals surface area contributed by atoms with Gasteiger partial charge >= 0.3 is 0 Å². The van der Waals surface area contributed by atoms with E-state index >= 15 is 0 Å². The van der Waals surface area contributed by atoms with Crippen molar-refractivity contribution in [2.24, 2.45) is 0 Å². The average Bonchev–Trinajstić information content (AvgIpc) is 0.821. The molecule has 3 N–H and O–H groups in total. The van der Waals surface area contributed by atoms with Crippen molar-refractivity contribution >= 4 is 103 Å². The highest BCUT2D eigenvalue weighted by Gasteiger charge is 2.28. The molecule has 0 radical (unpaired) electrons. The van der Waals surface area contributed by atoms with E-state index in [9.17, 15) is 5.11 Å². The van der Waals surface area contributed by atoms with Gasteiger partial charge in [0, 0.05) is 103 Å². The number of aromatic nitrogens is 12. The zero-order valence-corrected chi connectivity index (χ0v) is 92.9. The molecule has 0 aromatic carbocycles. The van der Waals surface area contributed by atoms with Crippen LogP contribution < -0.4 is 48.6 Å². The lowest BCUT2D eigenvalue weighted by molar-refractivity contribution is 0.0949. The van der Waals surface area contributed by atoms with Crippen molar-refractivity contribution in [1.82, 2.24) is 65.1 Å². The smallest absolute Gasteiger partial charge is 0.262 e. The standard InChI is InChI=1S/C24H42BrN3O.C24H43N3O2.C24H43N3O.C11H17N3O.C9H11ClN2O.C5H4Cl2N2.C4H8O.C2H5Br.C2H7N.ClH/c1-4-5-6-7-8-9-10-11-12-13-14-15-19-21-22(25)23(29-20-17-16-18-20)27-24(26-21)28(2)3;1-4-5-6-7-8-9-10-11-12-13-14-15-19-21-22(28)23(29-20-17-16-18-20)26-24(25-21)27(2)3;1-4-5-6-7-8-9-10-11-12-13-14-15-17-21-20-23(28-22-18-16-19-22)26-24(25-21)27(2)3;1-8-7-10(15-9-5-4-6-9)13-11(12-8)14(2)3;1-6-5-8(12-9(10)11-6)13-7-3-2-4-7;1-3-2-4(6)9-5(7)8-3;5-4-2-1-3-4;1-2-3;1-3-2;/h20H,4-19H2,1-3H3;20,28H,4-19H2,1-3H3;20,22H,4-19H2,1-3H3;7,9H,4-6H2,1-3H3;5,7H,2-4H2,1H3;2H,1H3;4-5H,1-3H2;2H2,1H3;3H,1-2H3;1H. The molecule has 6 fully saturated rings. The van der Waals surface area contributed by atoms with E-state index in [1.807, 2.05) is 123 Å². The van der Waals surface area contributed by atoms with Crippen LogP contribution in [-0.2, 0) is 19.3 Å². The highest BCUT2D eigenvalue weighted by atomic mass is 79.9. The molecule has 135 heavy (non-hydrogen) atoms. The van der Waals surface area contributed by atoms with Crippen LogP contribution in [0.25, 0.3) is 0 Å². The Morgan fingerprint density at radius 1 is 0.341 bits per heavy atom. The van der Waals surface area contributed by atoms with E-state index in [4.69, 9.17) is 73.6 Å². The third-order valence-electron chi connectivity index (χ3n) is 24.1. The summed E-state index contributed by atoms with van der Waals surface area (Å²) in [5.41, 5.74) is 5.51. The van der Waals surface area contributed by atoms with E-state index in [2.05, 4.69) is 114 Å². The summed E-state index contributed by atoms with van der Waals surface area (Å²) in [7, 11) is 19.4. The fourth-order valence-electron chi connectivity index (χ4n) is 14.6. The van der Waals surface area contributed by atoms with Gasteiger partial charge < -0.3 is 58.8 Å². The molecule has 6 aromatic rings. The molecule has 12 rings (SSSR count). The van der Waals surface area contributed by atoms with Crippen LogP contribution in [0, 0.1) is 20.8 Å². The maximum atomic E-state index is 10.6. The van der Waals surface area contributed by atoms with Crippen molar-refractivity contribution in [2.75, 3.05) is 95.4 Å². The predicted molar refractivity (Wildman–Crippen MR) is 575 cm³/mol.